The van der Waals surface area contributed by atoms with Crippen molar-refractivity contribution >= 4 is 34.0 Å². The van der Waals surface area contributed by atoms with Gasteiger partial charge < -0.3 is 20.5 Å². The number of rotatable bonds is 5. The van der Waals surface area contributed by atoms with Gasteiger partial charge in [-0.05, 0) is 24.3 Å². The van der Waals surface area contributed by atoms with Crippen molar-refractivity contribution < 1.29 is 0 Å². The molecule has 0 atom stereocenters. The number of hydrogen-bond acceptors (Lipinski definition) is 8. The fourth-order valence-corrected chi connectivity index (χ4v) is 3.96. The van der Waals surface area contributed by atoms with Crippen LogP contribution in [0.25, 0.3) is 27.9 Å². The highest BCUT2D eigenvalue weighted by Crippen LogP contribution is 2.25. The number of pyridine rings is 1. The predicted octanol–water partition coefficient (Wildman–Crippen LogP) is 2.11. The van der Waals surface area contributed by atoms with E-state index in [0.717, 1.165) is 54.4 Å². The number of aromatic nitrogens is 7. The molecule has 0 bridgehead atoms. The molecule has 1 saturated heterocycles. The van der Waals surface area contributed by atoms with E-state index in [9.17, 15) is 0 Å². The normalized spacial score (nSPS) is 14.3. The Balaban J connectivity index is 1.40. The molecule has 1 aliphatic heterocycles. The first kappa shape index (κ1) is 18.7. The van der Waals surface area contributed by atoms with Crippen molar-refractivity contribution in [2.24, 2.45) is 0 Å². The summed E-state index contributed by atoms with van der Waals surface area (Å²) >= 11 is 0. The highest BCUT2D eigenvalue weighted by atomic mass is 15.3. The Labute approximate surface area is 183 Å². The van der Waals surface area contributed by atoms with Gasteiger partial charge in [-0.2, -0.15) is 9.97 Å². The van der Waals surface area contributed by atoms with Crippen LogP contribution in [0.1, 0.15) is 5.82 Å². The minimum Gasteiger partial charge on any atom is -0.361 e. The van der Waals surface area contributed by atoms with Crippen molar-refractivity contribution in [3.8, 4) is 5.69 Å². The number of aromatic amines is 1. The lowest BCUT2D eigenvalue weighted by Crippen LogP contribution is -2.44. The van der Waals surface area contributed by atoms with E-state index < -0.39 is 0 Å². The molecule has 32 heavy (non-hydrogen) atoms. The number of hydrogen-bond donors (Lipinski definition) is 3. The zero-order chi connectivity index (χ0) is 21.3. The Morgan fingerprint density at radius 2 is 1.91 bits per heavy atom. The molecule has 0 radical (unpaired) electrons. The molecule has 4 aromatic heterocycles. The molecule has 1 fully saturated rings. The lowest BCUT2D eigenvalue weighted by molar-refractivity contribution is 0.580. The third-order valence-corrected chi connectivity index (χ3v) is 5.57. The van der Waals surface area contributed by atoms with Crippen LogP contribution in [0.15, 0.2) is 55.1 Å². The Kier molecular flexibility index (Phi) is 4.61. The number of H-pyrrole nitrogens is 1. The molecule has 0 aliphatic carbocycles. The average Bonchev–Trinajstić information content (AvgIpc) is 3.47. The summed E-state index contributed by atoms with van der Waals surface area (Å²) in [6.45, 7) is 4.03. The number of benzene rings is 1. The van der Waals surface area contributed by atoms with E-state index in [1.54, 1.807) is 18.7 Å². The summed E-state index contributed by atoms with van der Waals surface area (Å²) in [5.74, 6) is 2.22. The molecule has 0 spiro atoms. The number of nitrogens with zero attached hydrogens (tertiary/aromatic N) is 7. The van der Waals surface area contributed by atoms with Crippen molar-refractivity contribution in [3.63, 3.8) is 0 Å². The zero-order valence-corrected chi connectivity index (χ0v) is 17.4. The monoisotopic (exact) mass is 426 g/mol. The van der Waals surface area contributed by atoms with Crippen molar-refractivity contribution in [2.45, 2.75) is 6.54 Å². The second-order valence-corrected chi connectivity index (χ2v) is 7.66. The lowest BCUT2D eigenvalue weighted by Gasteiger charge is -2.27. The highest BCUT2D eigenvalue weighted by molar-refractivity contribution is 5.85. The van der Waals surface area contributed by atoms with Gasteiger partial charge in [-0.25, -0.2) is 9.97 Å². The molecule has 5 aromatic rings. The fraction of sp³-hybridized carbons (Fsp3) is 0.227. The van der Waals surface area contributed by atoms with Crippen LogP contribution in [0.5, 0.6) is 0 Å². The number of nitrogens with one attached hydrogen (secondary N) is 3. The first-order valence-electron chi connectivity index (χ1n) is 10.6. The van der Waals surface area contributed by atoms with E-state index in [-0.39, 0.29) is 0 Å². The number of piperazine rings is 1. The molecule has 0 saturated carbocycles. The standard InChI is InChI=1S/C22H22N10/c1-2-6-17-16(5-1)27-18(28-17)13-25-20-19-21(30-22(29-20)31-10-8-23-9-11-31)32(14-26-19)15-4-3-7-24-12-15/h1-7,12,14,23H,8-11,13H2,(H,27,28)(H,25,29,30). The summed E-state index contributed by atoms with van der Waals surface area (Å²) in [5.41, 5.74) is 4.32. The van der Waals surface area contributed by atoms with Gasteiger partial charge in [-0.3, -0.25) is 9.55 Å². The molecule has 1 aromatic carbocycles. The minimum atomic E-state index is 0.502. The van der Waals surface area contributed by atoms with E-state index in [0.29, 0.717) is 23.8 Å². The van der Waals surface area contributed by atoms with Gasteiger partial charge in [0.05, 0.1) is 29.5 Å². The Bertz CT molecular complexity index is 1330. The van der Waals surface area contributed by atoms with Crippen LogP contribution in [0, 0.1) is 0 Å². The molecule has 10 nitrogen and oxygen atoms in total. The summed E-state index contributed by atoms with van der Waals surface area (Å²) in [6.07, 6.45) is 5.32. The Morgan fingerprint density at radius 1 is 1.00 bits per heavy atom. The van der Waals surface area contributed by atoms with Crippen LogP contribution >= 0.6 is 0 Å². The van der Waals surface area contributed by atoms with Gasteiger partial charge in [0.25, 0.3) is 0 Å². The van der Waals surface area contributed by atoms with Crippen LogP contribution in [0.3, 0.4) is 0 Å². The van der Waals surface area contributed by atoms with Gasteiger partial charge in [0.15, 0.2) is 17.0 Å². The van der Waals surface area contributed by atoms with E-state index >= 15 is 0 Å². The smallest absolute Gasteiger partial charge is 0.229 e. The molecule has 10 heteroatoms. The van der Waals surface area contributed by atoms with E-state index in [4.69, 9.17) is 9.97 Å². The average molecular weight is 426 g/mol. The maximum absolute atomic E-state index is 4.88. The molecule has 0 unspecified atom stereocenters. The van der Waals surface area contributed by atoms with E-state index in [1.165, 1.54) is 0 Å². The van der Waals surface area contributed by atoms with Crippen LogP contribution in [-0.2, 0) is 6.54 Å². The van der Waals surface area contributed by atoms with Gasteiger partial charge in [-0.15, -0.1) is 0 Å². The van der Waals surface area contributed by atoms with Crippen LogP contribution < -0.4 is 15.5 Å². The van der Waals surface area contributed by atoms with Crippen LogP contribution in [-0.4, -0.2) is 60.6 Å². The van der Waals surface area contributed by atoms with Crippen molar-refractivity contribution in [2.75, 3.05) is 36.4 Å². The maximum Gasteiger partial charge on any atom is 0.229 e. The summed E-state index contributed by atoms with van der Waals surface area (Å²) < 4.78 is 1.95. The van der Waals surface area contributed by atoms with Gasteiger partial charge in [-0.1, -0.05) is 12.1 Å². The molecule has 160 valence electrons. The summed E-state index contributed by atoms with van der Waals surface area (Å²) in [7, 11) is 0. The summed E-state index contributed by atoms with van der Waals surface area (Å²) in [6, 6.07) is 11.9. The molecular formula is C22H22N10. The van der Waals surface area contributed by atoms with Gasteiger partial charge in [0, 0.05) is 32.4 Å². The Hall–Kier alpha value is -4.05. The Morgan fingerprint density at radius 3 is 2.75 bits per heavy atom. The number of anilines is 2. The first-order chi connectivity index (χ1) is 15.8. The number of para-hydroxylation sites is 2. The molecule has 5 heterocycles. The van der Waals surface area contributed by atoms with Crippen LogP contribution in [0.4, 0.5) is 11.8 Å². The summed E-state index contributed by atoms with van der Waals surface area (Å²) in [4.78, 5) is 28.8. The SMILES string of the molecule is c1cncc(-n2cnc3c(NCc4nc5ccccc5[nH]4)nc(N4CCNCC4)nc32)c1. The zero-order valence-electron chi connectivity index (χ0n) is 17.4. The predicted molar refractivity (Wildman–Crippen MR) is 123 cm³/mol. The lowest BCUT2D eigenvalue weighted by atomic mass is 10.3. The second-order valence-electron chi connectivity index (χ2n) is 7.66. The first-order valence-corrected chi connectivity index (χ1v) is 10.6. The molecular weight excluding hydrogens is 404 g/mol. The second kappa shape index (κ2) is 7.89. The van der Waals surface area contributed by atoms with Gasteiger partial charge in [0.2, 0.25) is 5.95 Å². The molecule has 3 N–H and O–H groups in total. The fourth-order valence-electron chi connectivity index (χ4n) is 3.96. The summed E-state index contributed by atoms with van der Waals surface area (Å²) in [5, 5.41) is 6.81. The van der Waals surface area contributed by atoms with Crippen molar-refractivity contribution in [1.82, 2.24) is 39.8 Å². The number of imidazole rings is 2. The number of fused-ring (bicyclic) bond motifs is 2. The van der Waals surface area contributed by atoms with E-state index in [2.05, 4.69) is 35.5 Å². The van der Waals surface area contributed by atoms with Crippen LogP contribution in [0.2, 0.25) is 0 Å². The third kappa shape index (κ3) is 3.40. The maximum atomic E-state index is 4.88. The quantitative estimate of drug-likeness (QED) is 0.392. The molecule has 1 aliphatic rings. The third-order valence-electron chi connectivity index (χ3n) is 5.57. The topological polar surface area (TPSA) is 112 Å². The largest absolute Gasteiger partial charge is 0.361 e. The molecule has 6 rings (SSSR count). The minimum absolute atomic E-state index is 0.502. The van der Waals surface area contributed by atoms with Crippen molar-refractivity contribution in [3.05, 3.63) is 60.9 Å². The van der Waals surface area contributed by atoms with E-state index in [1.807, 2.05) is 41.0 Å². The highest BCUT2D eigenvalue weighted by Gasteiger charge is 2.19. The van der Waals surface area contributed by atoms with Gasteiger partial charge >= 0.3 is 0 Å². The van der Waals surface area contributed by atoms with Gasteiger partial charge in [0.1, 0.15) is 12.2 Å². The molecule has 0 amide bonds. The van der Waals surface area contributed by atoms with Crippen molar-refractivity contribution in [1.29, 1.82) is 0 Å².